The minimum absolute atomic E-state index is 0.0177. The largest absolute Gasteiger partial charge is 0.378 e. The molecule has 0 aliphatic rings. The zero-order valence-electron chi connectivity index (χ0n) is 14.2. The van der Waals surface area contributed by atoms with Crippen molar-refractivity contribution < 1.29 is 18.0 Å². The van der Waals surface area contributed by atoms with Crippen LogP contribution in [0.3, 0.4) is 0 Å². The second-order valence-electron chi connectivity index (χ2n) is 5.50. The van der Waals surface area contributed by atoms with Crippen molar-refractivity contribution in [2.75, 3.05) is 12.1 Å². The topological polar surface area (TPSA) is 80.4 Å². The van der Waals surface area contributed by atoms with Gasteiger partial charge in [-0.3, -0.25) is 4.79 Å². The van der Waals surface area contributed by atoms with Crippen molar-refractivity contribution in [1.29, 1.82) is 0 Å². The number of aromatic nitrogens is 1. The molecule has 1 atom stereocenters. The van der Waals surface area contributed by atoms with E-state index < -0.39 is 24.3 Å². The molecule has 5 nitrogen and oxygen atoms in total. The number of halogens is 4. The Kier molecular flexibility index (Phi) is 7.49. The van der Waals surface area contributed by atoms with E-state index in [4.69, 9.17) is 17.3 Å². The summed E-state index contributed by atoms with van der Waals surface area (Å²) in [4.78, 5) is 19.4. The molecule has 144 valence electrons. The molecule has 1 amide bonds. The lowest BCUT2D eigenvalue weighted by atomic mass is 10.1. The highest BCUT2D eigenvalue weighted by atomic mass is 35.5. The number of anilines is 1. The molecule has 2 rings (SSSR count). The van der Waals surface area contributed by atoms with E-state index in [1.807, 2.05) is 0 Å². The van der Waals surface area contributed by atoms with E-state index >= 15 is 0 Å². The standard InChI is InChI=1S/C17H16ClF3N4OS/c1-9(27-17(22)24-8-19)4-10-5-12(6-13(20)15(10)21)25-16(26)14-3-2-11(18)7-23-14/h2-3,5-7,9H,4,8H2,1H3,(H2,22,24)(H,25,26)/t9-/m1/s1. The number of hydrogen-bond acceptors (Lipinski definition) is 4. The molecule has 1 aromatic carbocycles. The van der Waals surface area contributed by atoms with E-state index in [2.05, 4.69) is 15.3 Å². The fraction of sp³-hybridized carbons (Fsp3) is 0.235. The van der Waals surface area contributed by atoms with Gasteiger partial charge in [0.15, 0.2) is 23.6 Å². The summed E-state index contributed by atoms with van der Waals surface area (Å²) in [6.07, 6.45) is 1.40. The van der Waals surface area contributed by atoms with Crippen LogP contribution in [0.2, 0.25) is 5.02 Å². The Bertz CT molecular complexity index is 849. The second kappa shape index (κ2) is 9.61. The van der Waals surface area contributed by atoms with Crippen LogP contribution in [0.4, 0.5) is 18.9 Å². The van der Waals surface area contributed by atoms with Gasteiger partial charge in [0, 0.05) is 23.2 Å². The number of nitrogens with two attached hydrogens (primary N) is 1. The third-order valence-corrected chi connectivity index (χ3v) is 4.53. The van der Waals surface area contributed by atoms with Gasteiger partial charge in [-0.1, -0.05) is 30.3 Å². The minimum Gasteiger partial charge on any atom is -0.378 e. The minimum atomic E-state index is -1.10. The Labute approximate surface area is 163 Å². The molecule has 0 saturated heterocycles. The number of carbonyl (C=O) groups is 1. The second-order valence-corrected chi connectivity index (χ2v) is 7.39. The number of alkyl halides is 1. The Morgan fingerprint density at radius 3 is 2.78 bits per heavy atom. The lowest BCUT2D eigenvalue weighted by Crippen LogP contribution is -2.16. The highest BCUT2D eigenvalue weighted by Crippen LogP contribution is 2.24. The van der Waals surface area contributed by atoms with Crippen LogP contribution in [0, 0.1) is 11.6 Å². The summed E-state index contributed by atoms with van der Waals surface area (Å²) in [6.45, 7) is 0.764. The molecule has 27 heavy (non-hydrogen) atoms. The summed E-state index contributed by atoms with van der Waals surface area (Å²) in [5.41, 5.74) is 5.70. The smallest absolute Gasteiger partial charge is 0.274 e. The SMILES string of the molecule is C[C@H](Cc1cc(NC(=O)c2ccc(Cl)cn2)cc(F)c1F)SC(N)=NCF. The van der Waals surface area contributed by atoms with Crippen molar-refractivity contribution in [2.24, 2.45) is 10.7 Å². The number of nitrogens with zero attached hydrogens (tertiary/aromatic N) is 2. The van der Waals surface area contributed by atoms with E-state index in [1.165, 1.54) is 24.4 Å². The molecule has 0 saturated carbocycles. The van der Waals surface area contributed by atoms with E-state index in [0.29, 0.717) is 5.02 Å². The number of benzene rings is 1. The molecule has 0 unspecified atom stereocenters. The first kappa shape index (κ1) is 21.0. The van der Waals surface area contributed by atoms with Crippen LogP contribution in [-0.4, -0.2) is 28.1 Å². The van der Waals surface area contributed by atoms with Crippen molar-refractivity contribution in [1.82, 2.24) is 4.98 Å². The average Bonchev–Trinajstić information content (AvgIpc) is 2.59. The molecule has 0 bridgehead atoms. The predicted octanol–water partition coefficient (Wildman–Crippen LogP) is 4.17. The van der Waals surface area contributed by atoms with Crippen LogP contribution in [0.5, 0.6) is 0 Å². The average molecular weight is 417 g/mol. The van der Waals surface area contributed by atoms with Gasteiger partial charge in [0.05, 0.1) is 5.02 Å². The van der Waals surface area contributed by atoms with E-state index in [0.717, 1.165) is 17.8 Å². The molecule has 3 N–H and O–H groups in total. The summed E-state index contributed by atoms with van der Waals surface area (Å²) in [5.74, 6) is -2.72. The maximum absolute atomic E-state index is 14.1. The molecule has 1 heterocycles. The molecule has 0 radical (unpaired) electrons. The zero-order valence-corrected chi connectivity index (χ0v) is 15.8. The number of aliphatic imine (C=N–C) groups is 1. The molecule has 0 spiro atoms. The fourth-order valence-electron chi connectivity index (χ4n) is 2.23. The summed E-state index contributed by atoms with van der Waals surface area (Å²) >= 11 is 6.75. The van der Waals surface area contributed by atoms with Gasteiger partial charge in [-0.2, -0.15) is 0 Å². The first-order valence-corrected chi connectivity index (χ1v) is 8.99. The first-order chi connectivity index (χ1) is 12.8. The normalized spacial score (nSPS) is 12.7. The van der Waals surface area contributed by atoms with Crippen molar-refractivity contribution in [3.05, 3.63) is 58.4 Å². The number of amidine groups is 1. The lowest BCUT2D eigenvalue weighted by Gasteiger charge is -2.13. The Hall–Kier alpha value is -2.26. The third-order valence-electron chi connectivity index (χ3n) is 3.37. The van der Waals surface area contributed by atoms with Crippen LogP contribution >= 0.6 is 23.4 Å². The van der Waals surface area contributed by atoms with Gasteiger partial charge in [-0.05, 0) is 30.2 Å². The fourth-order valence-corrected chi connectivity index (χ4v) is 3.14. The summed E-state index contributed by atoms with van der Waals surface area (Å²) in [7, 11) is 0. The van der Waals surface area contributed by atoms with Gasteiger partial charge in [0.25, 0.3) is 5.91 Å². The summed E-state index contributed by atoms with van der Waals surface area (Å²) in [6, 6.07) is 5.10. The van der Waals surface area contributed by atoms with Gasteiger partial charge in [0.1, 0.15) is 5.69 Å². The van der Waals surface area contributed by atoms with Crippen LogP contribution < -0.4 is 11.1 Å². The quantitative estimate of drug-likeness (QED) is 0.420. The maximum Gasteiger partial charge on any atom is 0.274 e. The van der Waals surface area contributed by atoms with Crippen molar-refractivity contribution in [3.8, 4) is 0 Å². The van der Waals surface area contributed by atoms with E-state index in [1.54, 1.807) is 6.92 Å². The van der Waals surface area contributed by atoms with E-state index in [-0.39, 0.29) is 33.8 Å². The Morgan fingerprint density at radius 2 is 2.15 bits per heavy atom. The van der Waals surface area contributed by atoms with Gasteiger partial charge in [-0.25, -0.2) is 23.1 Å². The lowest BCUT2D eigenvalue weighted by molar-refractivity contribution is 0.102. The van der Waals surface area contributed by atoms with Crippen LogP contribution in [0.15, 0.2) is 35.5 Å². The maximum atomic E-state index is 14.1. The van der Waals surface area contributed by atoms with Crippen molar-refractivity contribution in [2.45, 2.75) is 18.6 Å². The van der Waals surface area contributed by atoms with E-state index in [9.17, 15) is 18.0 Å². The molecular formula is C17H16ClF3N4OS. The number of carbonyl (C=O) groups excluding carboxylic acids is 1. The molecule has 0 aliphatic carbocycles. The molecule has 0 fully saturated rings. The number of hydrogen-bond donors (Lipinski definition) is 2. The molecule has 10 heteroatoms. The van der Waals surface area contributed by atoms with Crippen molar-refractivity contribution in [3.63, 3.8) is 0 Å². The number of rotatable bonds is 6. The van der Waals surface area contributed by atoms with Crippen LogP contribution in [0.1, 0.15) is 23.0 Å². The first-order valence-electron chi connectivity index (χ1n) is 7.73. The predicted molar refractivity (Wildman–Crippen MR) is 102 cm³/mol. The Morgan fingerprint density at radius 1 is 1.41 bits per heavy atom. The summed E-state index contributed by atoms with van der Waals surface area (Å²) < 4.78 is 40.1. The summed E-state index contributed by atoms with van der Waals surface area (Å²) in [5, 5.41) is 2.55. The zero-order chi connectivity index (χ0) is 20.0. The molecular weight excluding hydrogens is 401 g/mol. The van der Waals surface area contributed by atoms with Crippen LogP contribution in [0.25, 0.3) is 0 Å². The number of thioether (sulfide) groups is 1. The molecule has 1 aromatic heterocycles. The number of amides is 1. The molecule has 2 aromatic rings. The van der Waals surface area contributed by atoms with Crippen LogP contribution in [-0.2, 0) is 6.42 Å². The highest BCUT2D eigenvalue weighted by molar-refractivity contribution is 8.14. The Balaban J connectivity index is 2.16. The number of pyridine rings is 1. The number of nitrogens with one attached hydrogen (secondary N) is 1. The monoisotopic (exact) mass is 416 g/mol. The van der Waals surface area contributed by atoms with Gasteiger partial charge in [-0.15, -0.1) is 0 Å². The van der Waals surface area contributed by atoms with Gasteiger partial charge < -0.3 is 11.1 Å². The highest BCUT2D eigenvalue weighted by Gasteiger charge is 2.17. The third kappa shape index (κ3) is 6.14. The van der Waals surface area contributed by atoms with Gasteiger partial charge >= 0.3 is 0 Å². The molecule has 0 aliphatic heterocycles. The van der Waals surface area contributed by atoms with Crippen molar-refractivity contribution >= 4 is 40.1 Å². The van der Waals surface area contributed by atoms with Gasteiger partial charge in [0.2, 0.25) is 0 Å².